The highest BCUT2D eigenvalue weighted by molar-refractivity contribution is 4.81. The predicted molar refractivity (Wildman–Crippen MR) is 83.1 cm³/mol. The lowest BCUT2D eigenvalue weighted by Crippen LogP contribution is -2.44. The van der Waals surface area contributed by atoms with Gasteiger partial charge in [0.25, 0.3) is 0 Å². The summed E-state index contributed by atoms with van der Waals surface area (Å²) in [5.74, 6) is 0. The van der Waals surface area contributed by atoms with Gasteiger partial charge in [0.05, 0.1) is 0 Å². The van der Waals surface area contributed by atoms with Crippen LogP contribution in [0.1, 0.15) is 61.3 Å². The molecule has 2 nitrogen and oxygen atoms in total. The van der Waals surface area contributed by atoms with Crippen LogP contribution in [0, 0.1) is 10.8 Å². The van der Waals surface area contributed by atoms with Crippen molar-refractivity contribution in [2.75, 3.05) is 26.7 Å². The fourth-order valence-electron chi connectivity index (χ4n) is 2.79. The Labute approximate surface area is 116 Å². The summed E-state index contributed by atoms with van der Waals surface area (Å²) < 4.78 is 0. The molecule has 2 heteroatoms. The third-order valence-corrected chi connectivity index (χ3v) is 3.19. The minimum atomic E-state index is 0.382. The van der Waals surface area contributed by atoms with Crippen LogP contribution in [-0.2, 0) is 0 Å². The van der Waals surface area contributed by atoms with Gasteiger partial charge in [-0.05, 0) is 24.3 Å². The summed E-state index contributed by atoms with van der Waals surface area (Å²) in [7, 11) is 2.26. The lowest BCUT2D eigenvalue weighted by Gasteiger charge is -2.37. The summed E-state index contributed by atoms with van der Waals surface area (Å²) in [6.45, 7) is 19.6. The number of rotatable bonds is 8. The van der Waals surface area contributed by atoms with Crippen LogP contribution in [0.5, 0.6) is 0 Å². The Bertz CT molecular complexity index is 218. The van der Waals surface area contributed by atoms with Crippen LogP contribution in [-0.4, -0.2) is 37.6 Å². The van der Waals surface area contributed by atoms with E-state index < -0.39 is 0 Å². The minimum absolute atomic E-state index is 0.382. The molecule has 0 aliphatic rings. The van der Waals surface area contributed by atoms with Crippen molar-refractivity contribution < 1.29 is 0 Å². The maximum Gasteiger partial charge on any atom is 0.00447 e. The molecule has 0 amide bonds. The molecule has 0 rings (SSSR count). The Morgan fingerprint density at radius 1 is 1.06 bits per heavy atom. The van der Waals surface area contributed by atoms with E-state index in [1.165, 1.54) is 19.4 Å². The molecule has 1 unspecified atom stereocenters. The van der Waals surface area contributed by atoms with E-state index in [0.717, 1.165) is 13.1 Å². The second kappa shape index (κ2) is 7.49. The molecule has 18 heavy (non-hydrogen) atoms. The number of hydrogen-bond acceptors (Lipinski definition) is 2. The molecule has 0 bridgehead atoms. The van der Waals surface area contributed by atoms with Crippen molar-refractivity contribution in [2.45, 2.75) is 67.3 Å². The zero-order chi connectivity index (χ0) is 14.4. The molecule has 0 radical (unpaired) electrons. The molecule has 0 heterocycles. The lowest BCUT2D eigenvalue weighted by atomic mass is 9.84. The van der Waals surface area contributed by atoms with Crippen molar-refractivity contribution in [1.82, 2.24) is 10.2 Å². The summed E-state index contributed by atoms with van der Waals surface area (Å²) in [6, 6.07) is 0.578. The highest BCUT2D eigenvalue weighted by Gasteiger charge is 2.26. The average molecular weight is 256 g/mol. The molecule has 0 aliphatic carbocycles. The minimum Gasteiger partial charge on any atom is -0.314 e. The van der Waals surface area contributed by atoms with Gasteiger partial charge in [0.15, 0.2) is 0 Å². The highest BCUT2D eigenvalue weighted by Crippen LogP contribution is 2.25. The summed E-state index contributed by atoms with van der Waals surface area (Å²) in [6.07, 6.45) is 2.56. The van der Waals surface area contributed by atoms with E-state index in [9.17, 15) is 0 Å². The molecular formula is C16H36N2. The van der Waals surface area contributed by atoms with Crippen molar-refractivity contribution in [1.29, 1.82) is 0 Å². The van der Waals surface area contributed by atoms with Gasteiger partial charge in [0.1, 0.15) is 0 Å². The molecule has 0 spiro atoms. The zero-order valence-corrected chi connectivity index (χ0v) is 14.1. The van der Waals surface area contributed by atoms with E-state index in [1.54, 1.807) is 0 Å². The Morgan fingerprint density at radius 2 is 1.61 bits per heavy atom. The number of nitrogens with zero attached hydrogens (tertiary/aromatic N) is 1. The van der Waals surface area contributed by atoms with Gasteiger partial charge in [-0.1, -0.05) is 54.9 Å². The fourth-order valence-corrected chi connectivity index (χ4v) is 2.79. The summed E-state index contributed by atoms with van der Waals surface area (Å²) >= 11 is 0. The van der Waals surface area contributed by atoms with Crippen LogP contribution in [0.2, 0.25) is 0 Å². The van der Waals surface area contributed by atoms with Gasteiger partial charge >= 0.3 is 0 Å². The maximum atomic E-state index is 3.61. The first-order valence-corrected chi connectivity index (χ1v) is 7.50. The van der Waals surface area contributed by atoms with E-state index in [0.29, 0.717) is 16.9 Å². The first kappa shape index (κ1) is 17.9. The van der Waals surface area contributed by atoms with Gasteiger partial charge in [0, 0.05) is 25.7 Å². The normalized spacial score (nSPS) is 16.3. The van der Waals surface area contributed by atoms with Crippen molar-refractivity contribution in [3.63, 3.8) is 0 Å². The van der Waals surface area contributed by atoms with E-state index in [-0.39, 0.29) is 0 Å². The van der Waals surface area contributed by atoms with Crippen molar-refractivity contribution in [3.8, 4) is 0 Å². The van der Waals surface area contributed by atoms with Gasteiger partial charge in [-0.2, -0.15) is 0 Å². The molecule has 0 fully saturated rings. The van der Waals surface area contributed by atoms with Gasteiger partial charge in [-0.25, -0.2) is 0 Å². The largest absolute Gasteiger partial charge is 0.314 e. The molecule has 0 aromatic carbocycles. The van der Waals surface area contributed by atoms with Crippen LogP contribution >= 0.6 is 0 Å². The number of hydrogen-bond donors (Lipinski definition) is 1. The summed E-state index contributed by atoms with van der Waals surface area (Å²) in [4.78, 5) is 2.50. The summed E-state index contributed by atoms with van der Waals surface area (Å²) in [5, 5.41) is 3.61. The van der Waals surface area contributed by atoms with E-state index in [2.05, 4.69) is 65.7 Å². The molecular weight excluding hydrogens is 220 g/mol. The molecule has 0 aromatic rings. The molecule has 0 aliphatic heterocycles. The molecule has 110 valence electrons. The Kier molecular flexibility index (Phi) is 7.46. The molecule has 1 N–H and O–H groups in total. The first-order valence-electron chi connectivity index (χ1n) is 7.50. The van der Waals surface area contributed by atoms with E-state index in [1.807, 2.05) is 0 Å². The van der Waals surface area contributed by atoms with Gasteiger partial charge in [0.2, 0.25) is 0 Å². The maximum absolute atomic E-state index is 3.61. The van der Waals surface area contributed by atoms with Crippen LogP contribution < -0.4 is 5.32 Å². The second-order valence-electron chi connectivity index (χ2n) is 7.83. The van der Waals surface area contributed by atoms with Gasteiger partial charge < -0.3 is 10.2 Å². The SMILES string of the molecule is CCCC(C)(CNC(C)C)CN(C)CC(C)(C)C. The first-order chi connectivity index (χ1) is 8.08. The lowest BCUT2D eigenvalue weighted by molar-refractivity contribution is 0.136. The average Bonchev–Trinajstić information content (AvgIpc) is 2.11. The van der Waals surface area contributed by atoms with Gasteiger partial charge in [-0.15, -0.1) is 0 Å². The van der Waals surface area contributed by atoms with Crippen molar-refractivity contribution in [3.05, 3.63) is 0 Å². The van der Waals surface area contributed by atoms with Crippen LogP contribution in [0.15, 0.2) is 0 Å². The Balaban J connectivity index is 4.40. The van der Waals surface area contributed by atoms with E-state index in [4.69, 9.17) is 0 Å². The summed E-state index contributed by atoms with van der Waals surface area (Å²) in [5.41, 5.74) is 0.770. The fraction of sp³-hybridized carbons (Fsp3) is 1.00. The monoisotopic (exact) mass is 256 g/mol. The zero-order valence-electron chi connectivity index (χ0n) is 14.1. The molecule has 0 aromatic heterocycles. The topological polar surface area (TPSA) is 15.3 Å². The predicted octanol–water partition coefficient (Wildman–Crippen LogP) is 3.77. The quantitative estimate of drug-likeness (QED) is 0.711. The molecule has 0 saturated heterocycles. The van der Waals surface area contributed by atoms with Crippen LogP contribution in [0.4, 0.5) is 0 Å². The standard InChI is InChI=1S/C16H36N2/c1-9-10-16(7,11-17-14(2)3)13-18(8)12-15(4,5)6/h14,17H,9-13H2,1-8H3. The Hall–Kier alpha value is -0.0800. The van der Waals surface area contributed by atoms with Crippen molar-refractivity contribution >= 4 is 0 Å². The second-order valence-corrected chi connectivity index (χ2v) is 7.83. The molecule has 0 saturated carbocycles. The molecule has 1 atom stereocenters. The van der Waals surface area contributed by atoms with Crippen molar-refractivity contribution in [2.24, 2.45) is 10.8 Å². The van der Waals surface area contributed by atoms with E-state index >= 15 is 0 Å². The Morgan fingerprint density at radius 3 is 2.00 bits per heavy atom. The van der Waals surface area contributed by atoms with Gasteiger partial charge in [-0.3, -0.25) is 0 Å². The number of nitrogens with one attached hydrogen (secondary N) is 1. The van der Waals surface area contributed by atoms with Crippen LogP contribution in [0.25, 0.3) is 0 Å². The van der Waals surface area contributed by atoms with Crippen LogP contribution in [0.3, 0.4) is 0 Å². The third-order valence-electron chi connectivity index (χ3n) is 3.19. The highest BCUT2D eigenvalue weighted by atomic mass is 15.1. The third kappa shape index (κ3) is 8.93. The smallest absolute Gasteiger partial charge is 0.00447 e.